The van der Waals surface area contributed by atoms with Gasteiger partial charge in [0.1, 0.15) is 17.6 Å². The van der Waals surface area contributed by atoms with Crippen LogP contribution in [-0.2, 0) is 4.43 Å². The second-order valence-corrected chi connectivity index (χ2v) is 14.3. The van der Waals surface area contributed by atoms with Crippen LogP contribution in [0.1, 0.15) is 55.2 Å². The zero-order chi connectivity index (χ0) is 29.0. The standard InChI is InChI=1S/C30H36FN5O3Si/c1-20-17-35(19-33-20)25-14-11-22(16-27(25)38-5)28(34-32)24-8-7-15-36(29(24)37)26(18-39-40(6)30(2,3)4)21-9-12-23(31)13-10-21/h7-17,19,26,28,32,40H,18H2,1-6H3. The van der Waals surface area contributed by atoms with Crippen molar-refractivity contribution in [2.45, 2.75) is 51.4 Å². The van der Waals surface area contributed by atoms with Crippen LogP contribution in [0.4, 0.5) is 4.39 Å². The zero-order valence-corrected chi connectivity index (χ0v) is 24.9. The van der Waals surface area contributed by atoms with Crippen molar-refractivity contribution in [3.8, 4) is 11.4 Å². The Morgan fingerprint density at radius 1 is 1.12 bits per heavy atom. The molecule has 0 aliphatic carbocycles. The van der Waals surface area contributed by atoms with Crippen LogP contribution in [0.3, 0.4) is 0 Å². The molecule has 4 rings (SSSR count). The highest BCUT2D eigenvalue weighted by molar-refractivity contribution is 6.53. The molecule has 0 radical (unpaired) electrons. The maximum atomic E-state index is 14.0. The second-order valence-electron chi connectivity index (χ2n) is 11.0. The van der Waals surface area contributed by atoms with Crippen LogP contribution in [0.15, 0.2) is 83.2 Å². The van der Waals surface area contributed by atoms with Gasteiger partial charge in [0, 0.05) is 18.0 Å². The second kappa shape index (κ2) is 12.1. The number of aromatic nitrogens is 3. The van der Waals surface area contributed by atoms with Crippen molar-refractivity contribution in [3.63, 3.8) is 0 Å². The van der Waals surface area contributed by atoms with Crippen molar-refractivity contribution in [2.24, 2.45) is 5.11 Å². The summed E-state index contributed by atoms with van der Waals surface area (Å²) in [5.41, 5.74) is 11.1. The number of aryl methyl sites for hydroxylation is 1. The molecule has 2 aromatic carbocycles. The Labute approximate surface area is 235 Å². The number of pyridine rings is 1. The van der Waals surface area contributed by atoms with E-state index in [9.17, 15) is 9.18 Å². The highest BCUT2D eigenvalue weighted by Gasteiger charge is 2.27. The van der Waals surface area contributed by atoms with Crippen molar-refractivity contribution in [1.82, 2.24) is 14.1 Å². The summed E-state index contributed by atoms with van der Waals surface area (Å²) >= 11 is 0. The molecule has 8 nitrogen and oxygen atoms in total. The van der Waals surface area contributed by atoms with Gasteiger partial charge in [-0.1, -0.05) is 39.0 Å². The van der Waals surface area contributed by atoms with E-state index in [0.717, 1.165) is 16.9 Å². The number of methoxy groups -OCH3 is 1. The Morgan fingerprint density at radius 3 is 2.42 bits per heavy atom. The molecular formula is C30H36FN5O3Si. The Kier molecular flexibility index (Phi) is 8.80. The van der Waals surface area contributed by atoms with E-state index in [1.807, 2.05) is 29.8 Å². The van der Waals surface area contributed by atoms with Crippen LogP contribution in [0.5, 0.6) is 5.75 Å². The first-order valence-electron chi connectivity index (χ1n) is 13.2. The van der Waals surface area contributed by atoms with E-state index < -0.39 is 21.1 Å². The van der Waals surface area contributed by atoms with Gasteiger partial charge >= 0.3 is 0 Å². The minimum atomic E-state index is -1.60. The predicted molar refractivity (Wildman–Crippen MR) is 156 cm³/mol. The molecule has 3 atom stereocenters. The van der Waals surface area contributed by atoms with E-state index >= 15 is 0 Å². The van der Waals surface area contributed by atoms with E-state index in [2.05, 4.69) is 37.4 Å². The molecular weight excluding hydrogens is 525 g/mol. The smallest absolute Gasteiger partial charge is 0.256 e. The molecule has 0 fully saturated rings. The van der Waals surface area contributed by atoms with Crippen molar-refractivity contribution in [3.05, 3.63) is 112 Å². The third-order valence-corrected chi connectivity index (χ3v) is 10.4. The Bertz CT molecular complexity index is 1530. The first-order chi connectivity index (χ1) is 19.0. The normalized spacial score (nSPS) is 14.0. The lowest BCUT2D eigenvalue weighted by Crippen LogP contribution is -2.34. The fourth-order valence-electron chi connectivity index (χ4n) is 4.44. The Morgan fingerprint density at radius 2 is 1.82 bits per heavy atom. The van der Waals surface area contributed by atoms with Gasteiger partial charge in [-0.05, 0) is 66.0 Å². The first-order valence-corrected chi connectivity index (χ1v) is 15.4. The summed E-state index contributed by atoms with van der Waals surface area (Å²) in [5, 5.41) is 3.89. The zero-order valence-electron chi connectivity index (χ0n) is 23.8. The fourth-order valence-corrected chi connectivity index (χ4v) is 5.41. The van der Waals surface area contributed by atoms with Crippen LogP contribution in [0.25, 0.3) is 5.69 Å². The van der Waals surface area contributed by atoms with Gasteiger partial charge in [0.25, 0.3) is 5.56 Å². The molecule has 0 aliphatic rings. The van der Waals surface area contributed by atoms with Gasteiger partial charge in [-0.15, -0.1) is 0 Å². The SMILES string of the molecule is COc1cc(C(N=N)c2cccn(C(CO[SiH](C)C(C)(C)C)c3ccc(F)cc3)c2=O)ccc1-n1cnc(C)c1. The van der Waals surface area contributed by atoms with E-state index in [4.69, 9.17) is 14.7 Å². The third-order valence-electron chi connectivity index (χ3n) is 7.25. The summed E-state index contributed by atoms with van der Waals surface area (Å²) in [4.78, 5) is 18.3. The Hall–Kier alpha value is -3.89. The summed E-state index contributed by atoms with van der Waals surface area (Å²) in [6.45, 7) is 10.8. The van der Waals surface area contributed by atoms with E-state index in [1.165, 1.54) is 12.1 Å². The minimum Gasteiger partial charge on any atom is -0.495 e. The van der Waals surface area contributed by atoms with Gasteiger partial charge in [0.05, 0.1) is 37.5 Å². The number of hydrogen-bond donors (Lipinski definition) is 1. The molecule has 0 aliphatic heterocycles. The van der Waals surface area contributed by atoms with Crippen LogP contribution in [0, 0.1) is 18.3 Å². The average Bonchev–Trinajstić information content (AvgIpc) is 3.36. The van der Waals surface area contributed by atoms with Gasteiger partial charge in [0.15, 0.2) is 9.04 Å². The molecule has 0 bridgehead atoms. The summed E-state index contributed by atoms with van der Waals surface area (Å²) < 4.78 is 29.2. The molecule has 3 unspecified atom stereocenters. The molecule has 0 saturated heterocycles. The van der Waals surface area contributed by atoms with Crippen LogP contribution in [0.2, 0.25) is 11.6 Å². The highest BCUT2D eigenvalue weighted by Crippen LogP contribution is 2.32. The number of nitrogens with zero attached hydrogens (tertiary/aromatic N) is 4. The fraction of sp³-hybridized carbons (Fsp3) is 0.333. The molecule has 0 spiro atoms. The van der Waals surface area contributed by atoms with Crippen molar-refractivity contribution < 1.29 is 13.6 Å². The van der Waals surface area contributed by atoms with Gasteiger partial charge in [-0.25, -0.2) is 14.9 Å². The van der Waals surface area contributed by atoms with Crippen molar-refractivity contribution in [1.29, 1.82) is 5.53 Å². The lowest BCUT2D eigenvalue weighted by atomic mass is 9.99. The van der Waals surface area contributed by atoms with E-state index in [0.29, 0.717) is 16.9 Å². The summed E-state index contributed by atoms with van der Waals surface area (Å²) in [7, 11) is -0.0303. The molecule has 4 aromatic rings. The number of ether oxygens (including phenoxy) is 1. The molecule has 210 valence electrons. The molecule has 0 saturated carbocycles. The van der Waals surface area contributed by atoms with Crippen molar-refractivity contribution >= 4 is 9.04 Å². The van der Waals surface area contributed by atoms with Crippen molar-refractivity contribution in [2.75, 3.05) is 13.7 Å². The highest BCUT2D eigenvalue weighted by atomic mass is 28.3. The Balaban J connectivity index is 1.75. The van der Waals surface area contributed by atoms with Gasteiger partial charge in [-0.2, -0.15) is 5.11 Å². The van der Waals surface area contributed by atoms with E-state index in [1.54, 1.807) is 54.5 Å². The quantitative estimate of drug-likeness (QED) is 0.180. The average molecular weight is 562 g/mol. The number of hydrogen-bond acceptors (Lipinski definition) is 6. The number of nitrogens with one attached hydrogen (secondary N) is 1. The van der Waals surface area contributed by atoms with Gasteiger partial charge < -0.3 is 18.3 Å². The molecule has 0 amide bonds. The minimum absolute atomic E-state index is 0.0377. The van der Waals surface area contributed by atoms with Crippen LogP contribution < -0.4 is 10.3 Å². The lowest BCUT2D eigenvalue weighted by molar-refractivity contribution is 0.259. The number of imidazole rings is 1. The van der Waals surface area contributed by atoms with Gasteiger partial charge in [0.2, 0.25) is 0 Å². The number of halogens is 1. The molecule has 2 heterocycles. The maximum absolute atomic E-state index is 14.0. The lowest BCUT2D eigenvalue weighted by Gasteiger charge is -2.29. The summed E-state index contributed by atoms with van der Waals surface area (Å²) in [6.07, 6.45) is 5.30. The maximum Gasteiger partial charge on any atom is 0.256 e. The van der Waals surface area contributed by atoms with Crippen LogP contribution in [-0.4, -0.2) is 36.9 Å². The molecule has 40 heavy (non-hydrogen) atoms. The number of benzene rings is 2. The van der Waals surface area contributed by atoms with Crippen LogP contribution >= 0.6 is 0 Å². The molecule has 2 aromatic heterocycles. The summed E-state index contributed by atoms with van der Waals surface area (Å²) in [5.74, 6) is 0.219. The molecule has 1 N–H and O–H groups in total. The topological polar surface area (TPSA) is 94.5 Å². The molecule has 10 heteroatoms. The van der Waals surface area contributed by atoms with Gasteiger partial charge in [-0.3, -0.25) is 4.79 Å². The summed E-state index contributed by atoms with van der Waals surface area (Å²) in [6, 6.07) is 13.8. The third kappa shape index (κ3) is 6.29. The number of rotatable bonds is 10. The predicted octanol–water partition coefficient (Wildman–Crippen LogP) is 6.37. The van der Waals surface area contributed by atoms with E-state index in [-0.39, 0.29) is 23.0 Å². The first kappa shape index (κ1) is 29.1. The largest absolute Gasteiger partial charge is 0.495 e. The monoisotopic (exact) mass is 561 g/mol.